The molecule has 2 aromatic rings. The monoisotopic (exact) mass is 328 g/mol. The van der Waals surface area contributed by atoms with Crippen molar-refractivity contribution in [2.75, 3.05) is 5.75 Å². The summed E-state index contributed by atoms with van der Waals surface area (Å²) in [6, 6.07) is 4.65. The maximum atomic E-state index is 13.2. The van der Waals surface area contributed by atoms with E-state index in [2.05, 4.69) is 4.98 Å². The standard InChI is InChI=1S/C14H11F3N2O2S/c15-9-3-1-2-8(6-9)11(12(16)17)21-13(20)10-7-18-14-19(10)4-5-22-14/h1-3,6-7,11-12H,4-5H2/t11-/m0/s1. The zero-order chi connectivity index (χ0) is 15.7. The third kappa shape index (κ3) is 2.83. The Morgan fingerprint density at radius 2 is 2.23 bits per heavy atom. The molecule has 2 heterocycles. The van der Waals surface area contributed by atoms with Gasteiger partial charge in [0.25, 0.3) is 6.43 Å². The molecule has 1 aromatic heterocycles. The molecule has 0 saturated carbocycles. The number of carbonyl (C=O) groups excluding carboxylic acids is 1. The summed E-state index contributed by atoms with van der Waals surface area (Å²) in [6.07, 6.45) is -3.47. The van der Waals surface area contributed by atoms with Crippen molar-refractivity contribution in [3.8, 4) is 0 Å². The second-order valence-electron chi connectivity index (χ2n) is 4.64. The van der Waals surface area contributed by atoms with Gasteiger partial charge in [0.15, 0.2) is 11.3 Å². The van der Waals surface area contributed by atoms with Crippen LogP contribution in [0.2, 0.25) is 0 Å². The van der Waals surface area contributed by atoms with Crippen molar-refractivity contribution in [2.24, 2.45) is 0 Å². The van der Waals surface area contributed by atoms with Gasteiger partial charge in [-0.2, -0.15) is 0 Å². The summed E-state index contributed by atoms with van der Waals surface area (Å²) < 4.78 is 46.0. The summed E-state index contributed by atoms with van der Waals surface area (Å²) >= 11 is 1.48. The number of esters is 1. The van der Waals surface area contributed by atoms with Crippen molar-refractivity contribution in [3.63, 3.8) is 0 Å². The molecule has 0 saturated heterocycles. The second-order valence-corrected chi connectivity index (χ2v) is 5.70. The van der Waals surface area contributed by atoms with E-state index in [9.17, 15) is 18.0 Å². The van der Waals surface area contributed by atoms with Crippen LogP contribution >= 0.6 is 11.8 Å². The maximum Gasteiger partial charge on any atom is 0.357 e. The first-order valence-corrected chi connectivity index (χ1v) is 7.48. The molecule has 1 aliphatic heterocycles. The molecule has 0 amide bonds. The highest BCUT2D eigenvalue weighted by Crippen LogP contribution is 2.29. The van der Waals surface area contributed by atoms with Crippen LogP contribution in [-0.4, -0.2) is 27.7 Å². The van der Waals surface area contributed by atoms with Gasteiger partial charge in [-0.15, -0.1) is 0 Å². The van der Waals surface area contributed by atoms with Gasteiger partial charge in [0.1, 0.15) is 11.5 Å². The molecule has 0 spiro atoms. The lowest BCUT2D eigenvalue weighted by atomic mass is 10.1. The van der Waals surface area contributed by atoms with Crippen molar-refractivity contribution in [3.05, 3.63) is 47.5 Å². The molecule has 8 heteroatoms. The van der Waals surface area contributed by atoms with E-state index in [-0.39, 0.29) is 11.3 Å². The molecule has 1 atom stereocenters. The van der Waals surface area contributed by atoms with E-state index in [4.69, 9.17) is 4.74 Å². The Hall–Kier alpha value is -1.96. The Morgan fingerprint density at radius 1 is 1.41 bits per heavy atom. The Labute approximate surface area is 128 Å². The van der Waals surface area contributed by atoms with Crippen molar-refractivity contribution < 1.29 is 22.7 Å². The number of halogens is 3. The molecule has 116 valence electrons. The Balaban J connectivity index is 1.83. The predicted molar refractivity (Wildman–Crippen MR) is 73.5 cm³/mol. The van der Waals surface area contributed by atoms with E-state index < -0.39 is 24.3 Å². The van der Waals surface area contributed by atoms with Crippen LogP contribution < -0.4 is 0 Å². The lowest BCUT2D eigenvalue weighted by Crippen LogP contribution is -2.20. The molecular weight excluding hydrogens is 317 g/mol. The second kappa shape index (κ2) is 6.04. The van der Waals surface area contributed by atoms with Crippen LogP contribution in [0.25, 0.3) is 0 Å². The van der Waals surface area contributed by atoms with Gasteiger partial charge in [-0.1, -0.05) is 23.9 Å². The Kier molecular flexibility index (Phi) is 4.10. The molecule has 1 aliphatic rings. The van der Waals surface area contributed by atoms with E-state index in [1.807, 2.05) is 0 Å². The number of alkyl halides is 2. The molecule has 3 rings (SSSR count). The van der Waals surface area contributed by atoms with Gasteiger partial charge in [-0.25, -0.2) is 22.9 Å². The van der Waals surface area contributed by atoms with Gasteiger partial charge in [0.05, 0.1) is 6.20 Å². The highest BCUT2D eigenvalue weighted by molar-refractivity contribution is 7.99. The van der Waals surface area contributed by atoms with Gasteiger partial charge in [0, 0.05) is 17.9 Å². The molecule has 0 unspecified atom stereocenters. The average Bonchev–Trinajstić information content (AvgIpc) is 3.06. The number of hydrogen-bond acceptors (Lipinski definition) is 4. The van der Waals surface area contributed by atoms with Gasteiger partial charge >= 0.3 is 5.97 Å². The molecule has 0 fully saturated rings. The minimum atomic E-state index is -2.96. The number of aromatic nitrogens is 2. The van der Waals surface area contributed by atoms with Gasteiger partial charge in [0.2, 0.25) is 0 Å². The lowest BCUT2D eigenvalue weighted by Gasteiger charge is -2.17. The van der Waals surface area contributed by atoms with Crippen LogP contribution in [0.3, 0.4) is 0 Å². The van der Waals surface area contributed by atoms with Crippen molar-refractivity contribution in [2.45, 2.75) is 24.2 Å². The largest absolute Gasteiger partial charge is 0.447 e. The van der Waals surface area contributed by atoms with Crippen molar-refractivity contribution >= 4 is 17.7 Å². The molecule has 0 bridgehead atoms. The number of nitrogens with zero attached hydrogens (tertiary/aromatic N) is 2. The Bertz CT molecular complexity index is 705. The van der Waals surface area contributed by atoms with Crippen molar-refractivity contribution in [1.29, 1.82) is 0 Å². The number of rotatable bonds is 4. The summed E-state index contributed by atoms with van der Waals surface area (Å²) in [5.74, 6) is -0.789. The van der Waals surface area contributed by atoms with E-state index in [0.717, 1.165) is 17.9 Å². The topological polar surface area (TPSA) is 44.1 Å². The van der Waals surface area contributed by atoms with E-state index in [0.29, 0.717) is 11.7 Å². The van der Waals surface area contributed by atoms with Gasteiger partial charge in [-0.3, -0.25) is 0 Å². The van der Waals surface area contributed by atoms with Gasteiger partial charge in [-0.05, 0) is 12.1 Å². The maximum absolute atomic E-state index is 13.2. The normalized spacial score (nSPS) is 14.9. The quantitative estimate of drug-likeness (QED) is 0.808. The number of thioether (sulfide) groups is 1. The molecule has 0 N–H and O–H groups in total. The van der Waals surface area contributed by atoms with Crippen LogP contribution in [0.4, 0.5) is 13.2 Å². The fourth-order valence-corrected chi connectivity index (χ4v) is 3.13. The first-order valence-electron chi connectivity index (χ1n) is 6.49. The summed E-state index contributed by atoms with van der Waals surface area (Å²) in [6.45, 7) is 0.573. The molecular formula is C14H11F3N2O2S. The first-order chi connectivity index (χ1) is 10.6. The first kappa shape index (κ1) is 15.0. The SMILES string of the molecule is O=C(O[C@@H](c1cccc(F)c1)C(F)F)c1cnc2n1CCS2. The summed E-state index contributed by atoms with van der Waals surface area (Å²) in [5, 5.41) is 0.659. The van der Waals surface area contributed by atoms with Gasteiger partial charge < -0.3 is 9.30 Å². The predicted octanol–water partition coefficient (Wildman–Crippen LogP) is 3.29. The van der Waals surface area contributed by atoms with E-state index in [1.165, 1.54) is 30.1 Å². The van der Waals surface area contributed by atoms with Crippen LogP contribution in [0, 0.1) is 5.82 Å². The third-order valence-electron chi connectivity index (χ3n) is 3.21. The smallest absolute Gasteiger partial charge is 0.357 e. The molecule has 22 heavy (non-hydrogen) atoms. The zero-order valence-electron chi connectivity index (χ0n) is 11.2. The number of hydrogen-bond donors (Lipinski definition) is 0. The molecule has 4 nitrogen and oxygen atoms in total. The number of fused-ring (bicyclic) bond motifs is 1. The molecule has 0 aliphatic carbocycles. The lowest BCUT2D eigenvalue weighted by molar-refractivity contribution is -0.0358. The number of ether oxygens (including phenoxy) is 1. The van der Waals surface area contributed by atoms with E-state index >= 15 is 0 Å². The fourth-order valence-electron chi connectivity index (χ4n) is 2.21. The fraction of sp³-hybridized carbons (Fsp3) is 0.286. The van der Waals surface area contributed by atoms with E-state index in [1.54, 1.807) is 4.57 Å². The average molecular weight is 328 g/mol. The minimum Gasteiger partial charge on any atom is -0.447 e. The Morgan fingerprint density at radius 3 is 2.95 bits per heavy atom. The number of imidazole rings is 1. The van der Waals surface area contributed by atoms with Crippen molar-refractivity contribution in [1.82, 2.24) is 9.55 Å². The zero-order valence-corrected chi connectivity index (χ0v) is 12.0. The molecule has 0 radical (unpaired) electrons. The third-order valence-corrected chi connectivity index (χ3v) is 4.18. The summed E-state index contributed by atoms with van der Waals surface area (Å²) in [5.41, 5.74) is 0.0425. The number of carbonyl (C=O) groups is 1. The van der Waals surface area contributed by atoms with Crippen LogP contribution in [0.5, 0.6) is 0 Å². The van der Waals surface area contributed by atoms with Crippen LogP contribution in [-0.2, 0) is 11.3 Å². The highest BCUT2D eigenvalue weighted by Gasteiger charge is 2.30. The highest BCUT2D eigenvalue weighted by atomic mass is 32.2. The number of benzene rings is 1. The summed E-state index contributed by atoms with van der Waals surface area (Å²) in [4.78, 5) is 16.2. The van der Waals surface area contributed by atoms with Crippen LogP contribution in [0.15, 0.2) is 35.6 Å². The molecule has 1 aromatic carbocycles. The van der Waals surface area contributed by atoms with Crippen LogP contribution in [0.1, 0.15) is 22.2 Å². The summed E-state index contributed by atoms with van der Waals surface area (Å²) in [7, 11) is 0. The minimum absolute atomic E-state index is 0.0844.